The number of anilines is 1. The van der Waals surface area contributed by atoms with Crippen LogP contribution in [0, 0.1) is 17.6 Å². The molecule has 2 saturated heterocycles. The number of piperidine rings is 1. The number of fused-ring (bicyclic) bond motifs is 2. The third-order valence-electron chi connectivity index (χ3n) is 9.42. The number of halogens is 5. The average molecular weight is 667 g/mol. The van der Waals surface area contributed by atoms with Gasteiger partial charge in [0, 0.05) is 47.3 Å². The molecular formula is C31H31F5N4O5S. The van der Waals surface area contributed by atoms with E-state index < -0.39 is 44.7 Å². The predicted octanol–water partition coefficient (Wildman–Crippen LogP) is 5.76. The molecule has 3 saturated carbocycles. The first-order valence-electron chi connectivity index (χ1n) is 15.2. The molecule has 246 valence electrons. The molecule has 5 aliphatic rings. The molecule has 2 aromatic carbocycles. The van der Waals surface area contributed by atoms with Gasteiger partial charge in [-0.3, -0.25) is 4.79 Å². The number of ether oxygens (including phenoxy) is 1. The molecule has 3 aliphatic carbocycles. The van der Waals surface area contributed by atoms with E-state index in [0.29, 0.717) is 37.0 Å². The van der Waals surface area contributed by atoms with Crippen molar-refractivity contribution in [3.05, 3.63) is 64.9 Å². The maximum atomic E-state index is 15.4. The fourth-order valence-corrected chi connectivity index (χ4v) is 8.13. The molecule has 3 aromatic rings. The Morgan fingerprint density at radius 1 is 1.07 bits per heavy atom. The Morgan fingerprint density at radius 3 is 2.33 bits per heavy atom. The van der Waals surface area contributed by atoms with Gasteiger partial charge in [-0.05, 0) is 68.7 Å². The molecule has 2 atom stereocenters. The van der Waals surface area contributed by atoms with Crippen molar-refractivity contribution in [3.63, 3.8) is 0 Å². The van der Waals surface area contributed by atoms with Crippen molar-refractivity contribution in [1.82, 2.24) is 15.2 Å². The van der Waals surface area contributed by atoms with Crippen LogP contribution in [0.4, 0.5) is 27.6 Å². The van der Waals surface area contributed by atoms with E-state index in [1.54, 1.807) is 11.0 Å². The average Bonchev–Trinajstić information content (AvgIpc) is 3.93. The first-order valence-corrected chi connectivity index (χ1v) is 16.8. The molecule has 2 aliphatic heterocycles. The standard InChI is InChI=1S/C31H31F5N4O5S/c1-15-24-12-18(13-25(15)40(24)28-22(32)10-17(11-23(28)33)30(41)39-46(42,43)19-8-9-19)37-14-21-27(38-45-29(21)16-6-7-16)20-4-2-3-5-26(20)44-31(34,35)36/h2-5,10-11,15-16,18-19,24-25,37H,6-9,12-14H2,1H3,(H,39,41). The number of nitrogens with zero attached hydrogens (tertiary/aromatic N) is 2. The van der Waals surface area contributed by atoms with Crippen molar-refractivity contribution in [2.75, 3.05) is 4.90 Å². The molecule has 15 heteroatoms. The van der Waals surface area contributed by atoms with Gasteiger partial charge in [0.05, 0.1) is 5.25 Å². The molecule has 3 heterocycles. The van der Waals surface area contributed by atoms with E-state index in [0.717, 1.165) is 25.0 Å². The number of sulfonamides is 1. The number of carbonyl (C=O) groups excluding carboxylic acids is 1. The maximum Gasteiger partial charge on any atom is 0.573 e. The van der Waals surface area contributed by atoms with Crippen LogP contribution in [-0.2, 0) is 16.6 Å². The molecule has 2 N–H and O–H groups in total. The molecule has 5 fully saturated rings. The van der Waals surface area contributed by atoms with Gasteiger partial charge in [0.2, 0.25) is 10.0 Å². The Kier molecular flexibility index (Phi) is 7.54. The van der Waals surface area contributed by atoms with Gasteiger partial charge < -0.3 is 19.5 Å². The molecule has 0 spiro atoms. The van der Waals surface area contributed by atoms with Gasteiger partial charge in [-0.2, -0.15) is 0 Å². The normalized spacial score (nSPS) is 24.4. The highest BCUT2D eigenvalue weighted by molar-refractivity contribution is 7.91. The van der Waals surface area contributed by atoms with Crippen LogP contribution >= 0.6 is 0 Å². The second-order valence-corrected chi connectivity index (χ2v) is 14.6. The highest BCUT2D eigenvalue weighted by atomic mass is 32.2. The second-order valence-electron chi connectivity index (χ2n) is 12.6. The summed E-state index contributed by atoms with van der Waals surface area (Å²) in [6.45, 7) is 2.27. The highest BCUT2D eigenvalue weighted by Gasteiger charge is 2.52. The van der Waals surface area contributed by atoms with Gasteiger partial charge in [-0.15, -0.1) is 13.2 Å². The third kappa shape index (κ3) is 5.83. The number of hydrogen-bond donors (Lipinski definition) is 2. The highest BCUT2D eigenvalue weighted by Crippen LogP contribution is 2.49. The third-order valence-corrected chi connectivity index (χ3v) is 11.2. The van der Waals surface area contributed by atoms with Gasteiger partial charge in [-0.25, -0.2) is 21.9 Å². The van der Waals surface area contributed by atoms with Crippen LogP contribution in [-0.4, -0.2) is 49.2 Å². The fraction of sp³-hybridized carbons (Fsp3) is 0.484. The summed E-state index contributed by atoms with van der Waals surface area (Å²) in [5.74, 6) is -2.48. The predicted molar refractivity (Wildman–Crippen MR) is 155 cm³/mol. The Morgan fingerprint density at radius 2 is 1.72 bits per heavy atom. The van der Waals surface area contributed by atoms with Crippen LogP contribution < -0.4 is 19.7 Å². The Hall–Kier alpha value is -3.72. The summed E-state index contributed by atoms with van der Waals surface area (Å²) >= 11 is 0. The molecule has 9 nitrogen and oxygen atoms in total. The van der Waals surface area contributed by atoms with Crippen LogP contribution in [0.3, 0.4) is 0 Å². The number of nitrogens with one attached hydrogen (secondary N) is 2. The lowest BCUT2D eigenvalue weighted by Crippen LogP contribution is -2.70. The van der Waals surface area contributed by atoms with E-state index in [-0.39, 0.29) is 59.2 Å². The summed E-state index contributed by atoms with van der Waals surface area (Å²) in [7, 11) is -3.88. The van der Waals surface area contributed by atoms with Gasteiger partial charge >= 0.3 is 6.36 Å². The summed E-state index contributed by atoms with van der Waals surface area (Å²) in [4.78, 5) is 14.2. The number of aromatic nitrogens is 1. The van der Waals surface area contributed by atoms with E-state index >= 15 is 8.78 Å². The van der Waals surface area contributed by atoms with Crippen LogP contribution in [0.25, 0.3) is 11.3 Å². The van der Waals surface area contributed by atoms with E-state index in [9.17, 15) is 26.4 Å². The van der Waals surface area contributed by atoms with E-state index in [4.69, 9.17) is 4.52 Å². The van der Waals surface area contributed by atoms with Gasteiger partial charge in [0.15, 0.2) is 0 Å². The SMILES string of the molecule is CC1C2CC(NCc3c(-c4ccccc4OC(F)(F)F)noc3C3CC3)CC1N2c1c(F)cc(C(=O)NS(=O)(=O)C2CC2)cc1F. The van der Waals surface area contributed by atoms with Crippen molar-refractivity contribution >= 4 is 21.6 Å². The molecule has 1 aromatic heterocycles. The minimum Gasteiger partial charge on any atom is -0.405 e. The Balaban J connectivity index is 1.06. The lowest BCUT2D eigenvalue weighted by atomic mass is 9.68. The largest absolute Gasteiger partial charge is 0.573 e. The monoisotopic (exact) mass is 666 g/mol. The minimum absolute atomic E-state index is 0.0669. The number of carbonyl (C=O) groups is 1. The van der Waals surface area contributed by atoms with Crippen molar-refractivity contribution < 1.29 is 44.4 Å². The lowest BCUT2D eigenvalue weighted by Gasteiger charge is -2.61. The van der Waals surface area contributed by atoms with Crippen LogP contribution in [0.2, 0.25) is 0 Å². The quantitative estimate of drug-likeness (QED) is 0.263. The Bertz CT molecular complexity index is 1750. The zero-order valence-corrected chi connectivity index (χ0v) is 25.4. The smallest absolute Gasteiger partial charge is 0.405 e. The van der Waals surface area contributed by atoms with Gasteiger partial charge in [0.25, 0.3) is 5.91 Å². The molecular weight excluding hydrogens is 635 g/mol. The molecule has 8 rings (SSSR count). The van der Waals surface area contributed by atoms with Gasteiger partial charge in [-0.1, -0.05) is 24.2 Å². The summed E-state index contributed by atoms with van der Waals surface area (Å²) in [6.07, 6.45) is -1.18. The van der Waals surface area contributed by atoms with Crippen molar-refractivity contribution in [3.8, 4) is 17.0 Å². The fourth-order valence-electron chi connectivity index (χ4n) is 6.83. The van der Waals surface area contributed by atoms with Crippen molar-refractivity contribution in [2.45, 2.75) is 87.6 Å². The molecule has 2 bridgehead atoms. The topological polar surface area (TPSA) is 114 Å². The van der Waals surface area contributed by atoms with Crippen LogP contribution in [0.15, 0.2) is 40.9 Å². The van der Waals surface area contributed by atoms with Crippen LogP contribution in [0.5, 0.6) is 5.75 Å². The summed E-state index contributed by atoms with van der Waals surface area (Å²) < 4.78 is 106. The Labute approximate surface area is 261 Å². The first kappa shape index (κ1) is 30.9. The molecule has 1 amide bonds. The molecule has 46 heavy (non-hydrogen) atoms. The van der Waals surface area contributed by atoms with Crippen molar-refractivity contribution in [1.29, 1.82) is 0 Å². The number of alkyl halides is 3. The minimum atomic E-state index is -4.88. The van der Waals surface area contributed by atoms with E-state index in [1.807, 2.05) is 11.6 Å². The summed E-state index contributed by atoms with van der Waals surface area (Å²) in [5.41, 5.74) is 0.404. The number of rotatable bonds is 10. The zero-order valence-electron chi connectivity index (χ0n) is 24.6. The molecule has 0 radical (unpaired) electrons. The number of amides is 1. The molecule has 2 unspecified atom stereocenters. The second kappa shape index (κ2) is 11.2. The zero-order chi connectivity index (χ0) is 32.5. The van der Waals surface area contributed by atoms with Crippen molar-refractivity contribution in [2.24, 2.45) is 5.92 Å². The maximum absolute atomic E-state index is 15.4. The number of para-hydroxylation sites is 1. The summed E-state index contributed by atoms with van der Waals surface area (Å²) in [5, 5.41) is 6.96. The van der Waals surface area contributed by atoms with E-state index in [1.165, 1.54) is 18.2 Å². The first-order chi connectivity index (χ1) is 21.8. The number of benzene rings is 2. The summed E-state index contributed by atoms with van der Waals surface area (Å²) in [6, 6.07) is 6.97. The van der Waals surface area contributed by atoms with Crippen LogP contribution in [0.1, 0.15) is 73.0 Å². The lowest BCUT2D eigenvalue weighted by molar-refractivity contribution is -0.274. The van der Waals surface area contributed by atoms with Gasteiger partial charge in [0.1, 0.15) is 34.5 Å². The van der Waals surface area contributed by atoms with E-state index in [2.05, 4.69) is 15.2 Å². The number of hydrogen-bond acceptors (Lipinski definition) is 8.